The van der Waals surface area contributed by atoms with Crippen LogP contribution in [0.25, 0.3) is 22.2 Å². The van der Waals surface area contributed by atoms with Crippen LogP contribution in [0.4, 0.5) is 0 Å². The van der Waals surface area contributed by atoms with Crippen molar-refractivity contribution in [2.75, 3.05) is 6.54 Å². The molecule has 1 saturated heterocycles. The highest BCUT2D eigenvalue weighted by atomic mass is 35.5. The van der Waals surface area contributed by atoms with Crippen molar-refractivity contribution in [1.82, 2.24) is 14.4 Å². The smallest absolute Gasteiger partial charge is 0.268 e. The van der Waals surface area contributed by atoms with Crippen molar-refractivity contribution in [2.24, 2.45) is 0 Å². The summed E-state index contributed by atoms with van der Waals surface area (Å²) in [7, 11) is -3.54. The molecule has 0 spiro atoms. The van der Waals surface area contributed by atoms with Crippen LogP contribution in [0.15, 0.2) is 39.8 Å². The van der Waals surface area contributed by atoms with E-state index in [0.717, 1.165) is 29.7 Å². The van der Waals surface area contributed by atoms with Gasteiger partial charge in [0.25, 0.3) is 5.89 Å². The average molecular weight is 438 g/mol. The number of benzene rings is 1. The molecule has 1 aliphatic rings. The lowest BCUT2D eigenvalue weighted by Gasteiger charge is -2.32. The number of rotatable bonds is 4. The summed E-state index contributed by atoms with van der Waals surface area (Å²) < 4.78 is 33.4. The number of sulfonamides is 1. The molecule has 148 valence electrons. The van der Waals surface area contributed by atoms with Gasteiger partial charge in [0.05, 0.1) is 9.77 Å². The molecule has 1 unspecified atom stereocenters. The maximum atomic E-state index is 13.2. The van der Waals surface area contributed by atoms with E-state index in [-0.39, 0.29) is 6.04 Å². The zero-order chi connectivity index (χ0) is 19.9. The Kier molecular flexibility index (Phi) is 5.30. The van der Waals surface area contributed by atoms with Crippen molar-refractivity contribution >= 4 is 33.0 Å². The maximum Gasteiger partial charge on any atom is 0.268 e. The Labute approximate surface area is 173 Å². The molecule has 0 radical (unpaired) electrons. The molecule has 28 heavy (non-hydrogen) atoms. The van der Waals surface area contributed by atoms with Crippen LogP contribution < -0.4 is 0 Å². The average Bonchev–Trinajstić information content (AvgIpc) is 3.30. The fourth-order valence-electron chi connectivity index (χ4n) is 3.42. The van der Waals surface area contributed by atoms with E-state index in [9.17, 15) is 8.42 Å². The molecule has 3 aromatic rings. The van der Waals surface area contributed by atoms with Crippen molar-refractivity contribution in [2.45, 2.75) is 44.0 Å². The van der Waals surface area contributed by atoms with Gasteiger partial charge in [0.2, 0.25) is 15.8 Å². The van der Waals surface area contributed by atoms with Gasteiger partial charge in [0.15, 0.2) is 0 Å². The minimum absolute atomic E-state index is 0.0152. The van der Waals surface area contributed by atoms with Crippen molar-refractivity contribution < 1.29 is 12.9 Å². The molecule has 1 atom stereocenters. The van der Waals surface area contributed by atoms with E-state index in [2.05, 4.69) is 10.1 Å². The molecule has 0 bridgehead atoms. The van der Waals surface area contributed by atoms with Gasteiger partial charge in [-0.15, -0.1) is 11.3 Å². The molecule has 4 rings (SSSR count). The second kappa shape index (κ2) is 7.59. The number of nitrogens with zero attached hydrogens (tertiary/aromatic N) is 3. The summed E-state index contributed by atoms with van der Waals surface area (Å²) in [6, 6.07) is 8.80. The molecule has 0 saturated carbocycles. The van der Waals surface area contributed by atoms with Crippen molar-refractivity contribution in [3.05, 3.63) is 40.2 Å². The van der Waals surface area contributed by atoms with Crippen molar-refractivity contribution in [1.29, 1.82) is 0 Å². The predicted octanol–water partition coefficient (Wildman–Crippen LogP) is 4.99. The standard InChI is InChI=1S/C19H20ClN3O3S2/c1-12-5-3-4-10-23(12)28(24,25)17-11-16(27-13(17)2)19-21-18(22-26-19)14-6-8-15(20)9-7-14/h6-9,11-12H,3-5,10H2,1-2H3. The minimum atomic E-state index is -3.54. The largest absolute Gasteiger partial charge is 0.333 e. The first-order chi connectivity index (χ1) is 13.4. The summed E-state index contributed by atoms with van der Waals surface area (Å²) >= 11 is 7.26. The van der Waals surface area contributed by atoms with Gasteiger partial charge in [-0.25, -0.2) is 8.42 Å². The van der Waals surface area contributed by atoms with Gasteiger partial charge in [0, 0.05) is 28.0 Å². The van der Waals surface area contributed by atoms with Gasteiger partial charge in [-0.05, 0) is 57.0 Å². The quantitative estimate of drug-likeness (QED) is 0.574. The highest BCUT2D eigenvalue weighted by Crippen LogP contribution is 2.36. The number of piperidine rings is 1. The molecule has 0 N–H and O–H groups in total. The van der Waals surface area contributed by atoms with Gasteiger partial charge in [-0.2, -0.15) is 9.29 Å². The van der Waals surface area contributed by atoms with E-state index in [4.69, 9.17) is 16.1 Å². The van der Waals surface area contributed by atoms with Crippen LogP contribution >= 0.6 is 22.9 Å². The summed E-state index contributed by atoms with van der Waals surface area (Å²) in [5, 5.41) is 4.64. The summed E-state index contributed by atoms with van der Waals surface area (Å²) in [6.45, 7) is 4.34. The highest BCUT2D eigenvalue weighted by Gasteiger charge is 2.33. The Morgan fingerprint density at radius 1 is 1.25 bits per heavy atom. The lowest BCUT2D eigenvalue weighted by Crippen LogP contribution is -2.41. The molecule has 3 heterocycles. The summed E-state index contributed by atoms with van der Waals surface area (Å²) in [4.78, 5) is 6.12. The van der Waals surface area contributed by atoms with Gasteiger partial charge in [0.1, 0.15) is 0 Å². The fraction of sp³-hybridized carbons (Fsp3) is 0.368. The van der Waals surface area contributed by atoms with Crippen molar-refractivity contribution in [3.8, 4) is 22.2 Å². The highest BCUT2D eigenvalue weighted by molar-refractivity contribution is 7.89. The van der Waals surface area contributed by atoms with Crippen LogP contribution in [0.5, 0.6) is 0 Å². The molecule has 1 aliphatic heterocycles. The van der Waals surface area contributed by atoms with Crippen LogP contribution in [0, 0.1) is 6.92 Å². The molecular weight excluding hydrogens is 418 g/mol. The Balaban J connectivity index is 1.66. The number of hydrogen-bond donors (Lipinski definition) is 0. The molecule has 0 amide bonds. The molecule has 9 heteroatoms. The number of thiophene rings is 1. The first kappa shape index (κ1) is 19.6. The van der Waals surface area contributed by atoms with E-state index in [1.807, 2.05) is 26.0 Å². The fourth-order valence-corrected chi connectivity index (χ4v) is 6.73. The van der Waals surface area contributed by atoms with Crippen LogP contribution in [-0.2, 0) is 10.0 Å². The molecule has 2 aromatic heterocycles. The Morgan fingerprint density at radius 2 is 2.00 bits per heavy atom. The molecule has 1 fully saturated rings. The zero-order valence-electron chi connectivity index (χ0n) is 15.6. The Hall–Kier alpha value is -1.74. The third-order valence-electron chi connectivity index (χ3n) is 4.94. The summed E-state index contributed by atoms with van der Waals surface area (Å²) in [6.07, 6.45) is 2.85. The van der Waals surface area contributed by atoms with Crippen LogP contribution in [-0.4, -0.2) is 35.5 Å². The number of hydrogen-bond acceptors (Lipinski definition) is 6. The SMILES string of the molecule is Cc1sc(-c2nc(-c3ccc(Cl)cc3)no2)cc1S(=O)(=O)N1CCCCC1C. The normalized spacial score (nSPS) is 18.5. The molecule has 0 aliphatic carbocycles. The lowest BCUT2D eigenvalue weighted by atomic mass is 10.1. The molecule has 6 nitrogen and oxygen atoms in total. The van der Waals surface area contributed by atoms with Gasteiger partial charge in [-0.1, -0.05) is 23.2 Å². The second-order valence-corrected chi connectivity index (χ2v) is 10.5. The second-order valence-electron chi connectivity index (χ2n) is 6.92. The van der Waals surface area contributed by atoms with Gasteiger partial charge < -0.3 is 4.52 Å². The zero-order valence-corrected chi connectivity index (χ0v) is 17.9. The third kappa shape index (κ3) is 3.61. The third-order valence-corrected chi connectivity index (χ3v) is 8.50. The first-order valence-corrected chi connectivity index (χ1v) is 11.7. The number of aryl methyl sites for hydroxylation is 1. The van der Waals surface area contributed by atoms with Crippen LogP contribution in [0.2, 0.25) is 5.02 Å². The predicted molar refractivity (Wildman–Crippen MR) is 110 cm³/mol. The minimum Gasteiger partial charge on any atom is -0.333 e. The monoisotopic (exact) mass is 437 g/mol. The lowest BCUT2D eigenvalue weighted by molar-refractivity contribution is 0.268. The van der Waals surface area contributed by atoms with Crippen LogP contribution in [0.3, 0.4) is 0 Å². The number of aromatic nitrogens is 2. The van der Waals surface area contributed by atoms with E-state index in [1.54, 1.807) is 22.5 Å². The number of halogens is 1. The van der Waals surface area contributed by atoms with E-state index < -0.39 is 10.0 Å². The molecular formula is C19H20ClN3O3S2. The maximum absolute atomic E-state index is 13.2. The van der Waals surface area contributed by atoms with E-state index in [1.165, 1.54) is 11.3 Å². The topological polar surface area (TPSA) is 76.3 Å². The van der Waals surface area contributed by atoms with Gasteiger partial charge >= 0.3 is 0 Å². The van der Waals surface area contributed by atoms with E-state index in [0.29, 0.717) is 33.1 Å². The summed E-state index contributed by atoms with van der Waals surface area (Å²) in [5.74, 6) is 0.748. The first-order valence-electron chi connectivity index (χ1n) is 9.08. The van der Waals surface area contributed by atoms with Crippen LogP contribution in [0.1, 0.15) is 31.1 Å². The van der Waals surface area contributed by atoms with E-state index >= 15 is 0 Å². The Bertz CT molecular complexity index is 1090. The Morgan fingerprint density at radius 3 is 2.71 bits per heavy atom. The summed E-state index contributed by atoms with van der Waals surface area (Å²) in [5.41, 5.74) is 0.780. The van der Waals surface area contributed by atoms with Gasteiger partial charge in [-0.3, -0.25) is 0 Å². The van der Waals surface area contributed by atoms with Crippen molar-refractivity contribution in [3.63, 3.8) is 0 Å². The molecule has 1 aromatic carbocycles.